The van der Waals surface area contributed by atoms with Gasteiger partial charge in [0.1, 0.15) is 23.5 Å². The maximum Gasteiger partial charge on any atom is 0.132 e. The van der Waals surface area contributed by atoms with E-state index in [9.17, 15) is 0 Å². The molecule has 1 saturated heterocycles. The highest BCUT2D eigenvalue weighted by Crippen LogP contribution is 2.40. The Morgan fingerprint density at radius 3 is 2.93 bits per heavy atom. The summed E-state index contributed by atoms with van der Waals surface area (Å²) < 4.78 is 6.13. The molecule has 1 aromatic carbocycles. The highest BCUT2D eigenvalue weighted by atomic mass is 16.5. The second-order valence-electron chi connectivity index (χ2n) is 8.10. The lowest BCUT2D eigenvalue weighted by Crippen LogP contribution is -2.20. The van der Waals surface area contributed by atoms with Gasteiger partial charge in [0.2, 0.25) is 0 Å². The monoisotopic (exact) mass is 363 g/mol. The lowest BCUT2D eigenvalue weighted by Gasteiger charge is -2.17. The molecule has 0 unspecified atom stereocenters. The zero-order valence-corrected chi connectivity index (χ0v) is 15.9. The third-order valence-corrected chi connectivity index (χ3v) is 5.94. The first-order valence-corrected chi connectivity index (χ1v) is 9.88. The van der Waals surface area contributed by atoms with E-state index in [2.05, 4.69) is 51.0 Å². The number of fused-ring (bicyclic) bond motifs is 1. The maximum absolute atomic E-state index is 6.13. The fourth-order valence-corrected chi connectivity index (χ4v) is 3.84. The summed E-state index contributed by atoms with van der Waals surface area (Å²) in [7, 11) is 0. The van der Waals surface area contributed by atoms with Crippen molar-refractivity contribution >= 4 is 16.7 Å². The topological polar surface area (TPSA) is 66.9 Å². The summed E-state index contributed by atoms with van der Waals surface area (Å²) in [5.74, 6) is 2.65. The number of benzene rings is 1. The Bertz CT molecular complexity index is 978. The summed E-state index contributed by atoms with van der Waals surface area (Å²) in [6.07, 6.45) is 6.35. The second-order valence-corrected chi connectivity index (χ2v) is 8.10. The summed E-state index contributed by atoms with van der Waals surface area (Å²) in [6.45, 7) is 6.56. The number of ether oxygens (including phenoxy) is 1. The molecule has 3 heterocycles. The third kappa shape index (κ3) is 3.13. The summed E-state index contributed by atoms with van der Waals surface area (Å²) in [6, 6.07) is 8.14. The first-order valence-electron chi connectivity index (χ1n) is 9.88. The van der Waals surface area contributed by atoms with Crippen molar-refractivity contribution in [1.82, 2.24) is 20.2 Å². The zero-order chi connectivity index (χ0) is 18.4. The van der Waals surface area contributed by atoms with Crippen LogP contribution in [-0.2, 0) is 0 Å². The fourth-order valence-electron chi connectivity index (χ4n) is 3.84. The second kappa shape index (κ2) is 6.22. The molecule has 2 aromatic heterocycles. The summed E-state index contributed by atoms with van der Waals surface area (Å²) in [4.78, 5) is 11.4. The van der Waals surface area contributed by atoms with Gasteiger partial charge >= 0.3 is 0 Å². The molecule has 1 aliphatic carbocycles. The first kappa shape index (κ1) is 16.5. The van der Waals surface area contributed by atoms with Crippen molar-refractivity contribution in [2.75, 3.05) is 18.0 Å². The van der Waals surface area contributed by atoms with Gasteiger partial charge < -0.3 is 9.64 Å². The lowest BCUT2D eigenvalue weighted by atomic mass is 10.1. The van der Waals surface area contributed by atoms with Crippen LogP contribution in [0.3, 0.4) is 0 Å². The van der Waals surface area contributed by atoms with Crippen LogP contribution in [-0.4, -0.2) is 38.9 Å². The van der Waals surface area contributed by atoms with Crippen LogP contribution in [0.4, 0.5) is 5.82 Å². The van der Waals surface area contributed by atoms with Crippen molar-refractivity contribution in [2.24, 2.45) is 5.92 Å². The van der Waals surface area contributed by atoms with Crippen LogP contribution in [0.1, 0.15) is 39.5 Å². The highest BCUT2D eigenvalue weighted by Gasteiger charge is 2.40. The average molecular weight is 363 g/mol. The van der Waals surface area contributed by atoms with Crippen LogP contribution in [0.25, 0.3) is 22.3 Å². The van der Waals surface area contributed by atoms with Crippen molar-refractivity contribution < 1.29 is 4.74 Å². The van der Waals surface area contributed by atoms with E-state index < -0.39 is 0 Å². The van der Waals surface area contributed by atoms with Gasteiger partial charge in [-0.3, -0.25) is 5.10 Å². The van der Waals surface area contributed by atoms with E-state index in [1.54, 1.807) is 6.33 Å². The van der Waals surface area contributed by atoms with Crippen molar-refractivity contribution in [3.63, 3.8) is 0 Å². The van der Waals surface area contributed by atoms with Gasteiger partial charge in [0.05, 0.1) is 16.9 Å². The number of hydrogen-bond acceptors (Lipinski definition) is 5. The molecule has 1 atom stereocenters. The van der Waals surface area contributed by atoms with Gasteiger partial charge in [-0.25, -0.2) is 9.97 Å². The molecule has 2 aliphatic rings. The number of aromatic nitrogens is 4. The zero-order valence-electron chi connectivity index (χ0n) is 15.9. The van der Waals surface area contributed by atoms with Crippen molar-refractivity contribution in [3.8, 4) is 17.1 Å². The number of rotatable bonds is 5. The minimum atomic E-state index is 0.00519. The predicted octanol–water partition coefficient (Wildman–Crippen LogP) is 4.19. The molecule has 5 rings (SSSR count). The van der Waals surface area contributed by atoms with Crippen molar-refractivity contribution in [1.29, 1.82) is 0 Å². The number of anilines is 1. The molecule has 0 radical (unpaired) electrons. The quantitative estimate of drug-likeness (QED) is 0.736. The van der Waals surface area contributed by atoms with Gasteiger partial charge in [0, 0.05) is 24.5 Å². The van der Waals surface area contributed by atoms with Gasteiger partial charge in [-0.2, -0.15) is 5.10 Å². The molecular weight excluding hydrogens is 338 g/mol. The van der Waals surface area contributed by atoms with Crippen LogP contribution in [0, 0.1) is 5.92 Å². The number of aromatic amines is 1. The van der Waals surface area contributed by atoms with Crippen LogP contribution in [0.15, 0.2) is 30.6 Å². The van der Waals surface area contributed by atoms with Crippen molar-refractivity contribution in [2.45, 2.75) is 45.1 Å². The molecule has 0 amide bonds. The normalized spacial score (nSPS) is 21.0. The number of nitrogens with zero attached hydrogens (tertiary/aromatic N) is 4. The van der Waals surface area contributed by atoms with E-state index in [4.69, 9.17) is 4.74 Å². The molecule has 1 N–H and O–H groups in total. The van der Waals surface area contributed by atoms with Gasteiger partial charge in [-0.05, 0) is 50.3 Å². The van der Waals surface area contributed by atoms with Crippen LogP contribution in [0.2, 0.25) is 0 Å². The number of hydrogen-bond donors (Lipinski definition) is 1. The Hall–Kier alpha value is -2.63. The third-order valence-electron chi connectivity index (χ3n) is 5.94. The minimum Gasteiger partial charge on any atom is -0.488 e. The fraction of sp³-hybridized carbons (Fsp3) is 0.476. The highest BCUT2D eigenvalue weighted by molar-refractivity contribution is 5.93. The van der Waals surface area contributed by atoms with Gasteiger partial charge in [-0.15, -0.1) is 0 Å². The van der Waals surface area contributed by atoms with Crippen LogP contribution >= 0.6 is 0 Å². The summed E-state index contributed by atoms with van der Waals surface area (Å²) in [5.41, 5.74) is 2.72. The standard InChI is InChI=1S/C21H25N5O/c1-3-14-6-9-26(12-14)19-11-18(22-13-23-19)20-16-10-15(27-21(2)7-8-21)4-5-17(16)24-25-20/h4-5,10-11,13-14H,3,6-9,12H2,1-2H3,(H,24,25)/t14-/m1/s1. The number of nitrogens with one attached hydrogen (secondary N) is 1. The van der Waals surface area contributed by atoms with Crippen LogP contribution in [0.5, 0.6) is 5.75 Å². The molecule has 2 fully saturated rings. The van der Waals surface area contributed by atoms with Crippen LogP contribution < -0.4 is 9.64 Å². The Kier molecular flexibility index (Phi) is 3.81. The molecule has 1 aliphatic heterocycles. The molecule has 6 nitrogen and oxygen atoms in total. The predicted molar refractivity (Wildman–Crippen MR) is 106 cm³/mol. The Morgan fingerprint density at radius 1 is 1.26 bits per heavy atom. The minimum absolute atomic E-state index is 0.00519. The molecule has 0 spiro atoms. The molecule has 1 saturated carbocycles. The van der Waals surface area contributed by atoms with Gasteiger partial charge in [0.15, 0.2) is 0 Å². The van der Waals surface area contributed by atoms with E-state index >= 15 is 0 Å². The lowest BCUT2D eigenvalue weighted by molar-refractivity contribution is 0.200. The SMILES string of the molecule is CC[C@@H]1CCN(c2cc(-c3[nH]nc4ccc(OC5(C)CC5)cc34)ncn2)C1. The molecule has 6 heteroatoms. The van der Waals surface area contributed by atoms with Crippen molar-refractivity contribution in [3.05, 3.63) is 30.6 Å². The van der Waals surface area contributed by atoms with E-state index in [0.29, 0.717) is 0 Å². The smallest absolute Gasteiger partial charge is 0.132 e. The Labute approximate surface area is 159 Å². The Balaban J connectivity index is 1.48. The van der Waals surface area contributed by atoms with E-state index in [-0.39, 0.29) is 5.60 Å². The number of H-pyrrole nitrogens is 1. The average Bonchev–Trinajstić information content (AvgIpc) is 3.11. The summed E-state index contributed by atoms with van der Waals surface area (Å²) >= 11 is 0. The molecule has 140 valence electrons. The van der Waals surface area contributed by atoms with E-state index in [1.807, 2.05) is 12.1 Å². The van der Waals surface area contributed by atoms with Gasteiger partial charge in [0.25, 0.3) is 0 Å². The Morgan fingerprint density at radius 2 is 2.15 bits per heavy atom. The van der Waals surface area contributed by atoms with Gasteiger partial charge in [-0.1, -0.05) is 13.3 Å². The van der Waals surface area contributed by atoms with E-state index in [1.165, 1.54) is 12.8 Å². The first-order chi connectivity index (χ1) is 13.1. The maximum atomic E-state index is 6.13. The van der Waals surface area contributed by atoms with E-state index in [0.717, 1.165) is 65.7 Å². The molecule has 3 aromatic rings. The molecule has 27 heavy (non-hydrogen) atoms. The largest absolute Gasteiger partial charge is 0.488 e. The summed E-state index contributed by atoms with van der Waals surface area (Å²) in [5, 5.41) is 8.64. The molecular formula is C21H25N5O. The molecule has 0 bridgehead atoms.